The Morgan fingerprint density at radius 3 is 1.90 bits per heavy atom. The lowest BCUT2D eigenvalue weighted by atomic mass is 10.2. The molecule has 4 heteroatoms. The molecule has 1 heterocycles. The standard InChI is InChI=1S/C6H14N2O2/c1-9-6(10-2)3-7-5-8-4-6/h7-8H,3-5H2,1-2H3. The number of hydrogen-bond donors (Lipinski definition) is 2. The van der Waals surface area contributed by atoms with Crippen LogP contribution in [-0.4, -0.2) is 39.8 Å². The molecule has 0 aliphatic carbocycles. The Hall–Kier alpha value is -0.160. The Bertz CT molecular complexity index is 95.9. The van der Waals surface area contributed by atoms with E-state index in [1.165, 1.54) is 0 Å². The van der Waals surface area contributed by atoms with Crippen LogP contribution < -0.4 is 10.6 Å². The van der Waals surface area contributed by atoms with Crippen LogP contribution in [0.15, 0.2) is 0 Å². The minimum atomic E-state index is -0.460. The van der Waals surface area contributed by atoms with Gasteiger partial charge in [0.1, 0.15) is 0 Å². The van der Waals surface area contributed by atoms with Gasteiger partial charge in [-0.25, -0.2) is 0 Å². The van der Waals surface area contributed by atoms with Crippen LogP contribution in [-0.2, 0) is 9.47 Å². The fraction of sp³-hybridized carbons (Fsp3) is 1.00. The monoisotopic (exact) mass is 146 g/mol. The number of rotatable bonds is 2. The average molecular weight is 146 g/mol. The molecule has 1 fully saturated rings. The van der Waals surface area contributed by atoms with Crippen molar-refractivity contribution < 1.29 is 9.47 Å². The van der Waals surface area contributed by atoms with Crippen molar-refractivity contribution in [3.05, 3.63) is 0 Å². The fourth-order valence-electron chi connectivity index (χ4n) is 1.03. The van der Waals surface area contributed by atoms with Gasteiger partial charge in [0.25, 0.3) is 0 Å². The first-order valence-corrected chi connectivity index (χ1v) is 3.35. The molecule has 0 atom stereocenters. The van der Waals surface area contributed by atoms with E-state index in [1.807, 2.05) is 0 Å². The Balaban J connectivity index is 2.44. The second-order valence-corrected chi connectivity index (χ2v) is 2.35. The van der Waals surface area contributed by atoms with Gasteiger partial charge >= 0.3 is 0 Å². The van der Waals surface area contributed by atoms with E-state index in [0.29, 0.717) is 0 Å². The molecule has 0 unspecified atom stereocenters. The predicted octanol–water partition coefficient (Wildman–Crippen LogP) is -0.874. The molecular formula is C6H14N2O2. The van der Waals surface area contributed by atoms with Crippen molar-refractivity contribution in [2.24, 2.45) is 0 Å². The highest BCUT2D eigenvalue weighted by atomic mass is 16.7. The summed E-state index contributed by atoms with van der Waals surface area (Å²) in [5.41, 5.74) is 0. The number of methoxy groups -OCH3 is 2. The van der Waals surface area contributed by atoms with Crippen LogP contribution in [0, 0.1) is 0 Å². The van der Waals surface area contributed by atoms with E-state index in [2.05, 4.69) is 10.6 Å². The van der Waals surface area contributed by atoms with Gasteiger partial charge in [0, 0.05) is 20.9 Å². The van der Waals surface area contributed by atoms with Gasteiger partial charge in [-0.2, -0.15) is 0 Å². The van der Waals surface area contributed by atoms with E-state index < -0.39 is 5.79 Å². The van der Waals surface area contributed by atoms with Crippen LogP contribution in [0.1, 0.15) is 0 Å². The number of hydrogen-bond acceptors (Lipinski definition) is 4. The van der Waals surface area contributed by atoms with Crippen LogP contribution in [0.2, 0.25) is 0 Å². The lowest BCUT2D eigenvalue weighted by molar-refractivity contribution is -0.206. The third kappa shape index (κ3) is 1.46. The van der Waals surface area contributed by atoms with E-state index in [1.54, 1.807) is 14.2 Å². The smallest absolute Gasteiger partial charge is 0.192 e. The fourth-order valence-corrected chi connectivity index (χ4v) is 1.03. The molecule has 1 aliphatic rings. The molecule has 0 spiro atoms. The molecule has 1 aliphatic heterocycles. The van der Waals surface area contributed by atoms with Crippen molar-refractivity contribution in [1.29, 1.82) is 0 Å². The van der Waals surface area contributed by atoms with Gasteiger partial charge in [0.15, 0.2) is 5.79 Å². The summed E-state index contributed by atoms with van der Waals surface area (Å²) < 4.78 is 10.4. The lowest BCUT2D eigenvalue weighted by Crippen LogP contribution is -2.58. The Kier molecular flexibility index (Phi) is 2.62. The molecule has 0 radical (unpaired) electrons. The third-order valence-corrected chi connectivity index (χ3v) is 1.78. The van der Waals surface area contributed by atoms with Crippen molar-refractivity contribution in [3.63, 3.8) is 0 Å². The topological polar surface area (TPSA) is 42.5 Å². The van der Waals surface area contributed by atoms with Crippen molar-refractivity contribution in [1.82, 2.24) is 10.6 Å². The van der Waals surface area contributed by atoms with Crippen LogP contribution in [0.5, 0.6) is 0 Å². The average Bonchev–Trinajstić information content (AvgIpc) is 2.06. The summed E-state index contributed by atoms with van der Waals surface area (Å²) in [7, 11) is 3.30. The van der Waals surface area contributed by atoms with E-state index in [0.717, 1.165) is 19.8 Å². The Labute approximate surface area is 60.9 Å². The van der Waals surface area contributed by atoms with E-state index in [9.17, 15) is 0 Å². The first kappa shape index (κ1) is 7.94. The van der Waals surface area contributed by atoms with Gasteiger partial charge in [0.2, 0.25) is 0 Å². The van der Waals surface area contributed by atoms with E-state index in [4.69, 9.17) is 9.47 Å². The summed E-state index contributed by atoms with van der Waals surface area (Å²) in [5, 5.41) is 6.23. The summed E-state index contributed by atoms with van der Waals surface area (Å²) in [6.45, 7) is 2.31. The zero-order chi connectivity index (χ0) is 7.45. The molecule has 0 aromatic heterocycles. The highest BCUT2D eigenvalue weighted by molar-refractivity contribution is 4.78. The molecule has 60 valence electrons. The largest absolute Gasteiger partial charge is 0.351 e. The molecule has 0 bridgehead atoms. The normalized spacial score (nSPS) is 24.6. The van der Waals surface area contributed by atoms with Gasteiger partial charge in [-0.1, -0.05) is 0 Å². The first-order valence-electron chi connectivity index (χ1n) is 3.35. The minimum Gasteiger partial charge on any atom is -0.351 e. The lowest BCUT2D eigenvalue weighted by Gasteiger charge is -2.35. The van der Waals surface area contributed by atoms with Gasteiger partial charge in [-0.15, -0.1) is 0 Å². The minimum absolute atomic E-state index is 0.460. The van der Waals surface area contributed by atoms with Crippen LogP contribution in [0.25, 0.3) is 0 Å². The zero-order valence-corrected chi connectivity index (χ0v) is 6.44. The van der Waals surface area contributed by atoms with Gasteiger partial charge in [-0.3, -0.25) is 10.6 Å². The molecule has 1 rings (SSSR count). The van der Waals surface area contributed by atoms with Crippen molar-refractivity contribution >= 4 is 0 Å². The zero-order valence-electron chi connectivity index (χ0n) is 6.44. The molecule has 2 N–H and O–H groups in total. The highest BCUT2D eigenvalue weighted by Gasteiger charge is 2.30. The highest BCUT2D eigenvalue weighted by Crippen LogP contribution is 2.09. The molecule has 0 aromatic carbocycles. The molecular weight excluding hydrogens is 132 g/mol. The van der Waals surface area contributed by atoms with E-state index >= 15 is 0 Å². The van der Waals surface area contributed by atoms with Gasteiger partial charge in [0.05, 0.1) is 13.1 Å². The van der Waals surface area contributed by atoms with Gasteiger partial charge in [-0.05, 0) is 0 Å². The summed E-state index contributed by atoms with van der Waals surface area (Å²) >= 11 is 0. The number of nitrogens with one attached hydrogen (secondary N) is 2. The molecule has 1 saturated heterocycles. The summed E-state index contributed by atoms with van der Waals surface area (Å²) in [6, 6.07) is 0. The van der Waals surface area contributed by atoms with Crippen molar-refractivity contribution in [2.45, 2.75) is 5.79 Å². The van der Waals surface area contributed by atoms with Crippen LogP contribution in [0.4, 0.5) is 0 Å². The maximum atomic E-state index is 5.18. The van der Waals surface area contributed by atoms with Crippen molar-refractivity contribution in [2.75, 3.05) is 34.0 Å². The maximum absolute atomic E-state index is 5.18. The predicted molar refractivity (Wildman–Crippen MR) is 37.6 cm³/mol. The van der Waals surface area contributed by atoms with Crippen LogP contribution >= 0.6 is 0 Å². The first-order chi connectivity index (χ1) is 4.83. The van der Waals surface area contributed by atoms with Crippen LogP contribution in [0.3, 0.4) is 0 Å². The number of ether oxygens (including phenoxy) is 2. The molecule has 0 amide bonds. The van der Waals surface area contributed by atoms with Crippen molar-refractivity contribution in [3.8, 4) is 0 Å². The summed E-state index contributed by atoms with van der Waals surface area (Å²) in [6.07, 6.45) is 0. The SMILES string of the molecule is COC1(OC)CNCNC1. The molecule has 4 nitrogen and oxygen atoms in total. The molecule has 10 heavy (non-hydrogen) atoms. The van der Waals surface area contributed by atoms with E-state index in [-0.39, 0.29) is 0 Å². The second-order valence-electron chi connectivity index (χ2n) is 2.35. The Morgan fingerprint density at radius 1 is 1.10 bits per heavy atom. The Morgan fingerprint density at radius 2 is 1.60 bits per heavy atom. The summed E-state index contributed by atoms with van der Waals surface area (Å²) in [4.78, 5) is 0. The second kappa shape index (κ2) is 3.30. The third-order valence-electron chi connectivity index (χ3n) is 1.78. The quantitative estimate of drug-likeness (QED) is 0.497. The molecule has 0 saturated carbocycles. The summed E-state index contributed by atoms with van der Waals surface area (Å²) in [5.74, 6) is -0.460. The maximum Gasteiger partial charge on any atom is 0.192 e. The molecule has 0 aromatic rings. The van der Waals surface area contributed by atoms with Gasteiger partial charge < -0.3 is 9.47 Å².